The highest BCUT2D eigenvalue weighted by atomic mass is 19.1. The Balaban J connectivity index is 1.40. The van der Waals surface area contributed by atoms with Crippen LogP contribution in [0.5, 0.6) is 5.75 Å². The van der Waals surface area contributed by atoms with Crippen molar-refractivity contribution in [1.82, 2.24) is 0 Å². The molecule has 0 aliphatic carbocycles. The molecule has 3 aromatic carbocycles. The van der Waals surface area contributed by atoms with E-state index in [1.807, 2.05) is 0 Å². The molecule has 2 aliphatic heterocycles. The zero-order valence-electron chi connectivity index (χ0n) is 22.0. The Hall–Kier alpha value is -3.94. The average molecular weight is 586 g/mol. The number of aliphatic hydroxyl groups excluding tert-OH is 3. The van der Waals surface area contributed by atoms with Crippen molar-refractivity contribution in [2.24, 2.45) is 5.92 Å². The van der Waals surface area contributed by atoms with Crippen LogP contribution in [0, 0.1) is 17.6 Å². The van der Waals surface area contributed by atoms with Gasteiger partial charge in [0.15, 0.2) is 12.4 Å². The summed E-state index contributed by atoms with van der Waals surface area (Å²) >= 11 is 0. The number of phenolic OH excluding ortho intramolecular Hbond substituents is 1. The second-order valence-electron chi connectivity index (χ2n) is 10.3. The normalized spacial score (nSPS) is 28.3. The maximum Gasteiger partial charge on any atom is 0.335 e. The van der Waals surface area contributed by atoms with Crippen LogP contribution in [0.15, 0.2) is 72.8 Å². The molecule has 42 heavy (non-hydrogen) atoms. The predicted molar refractivity (Wildman–Crippen MR) is 142 cm³/mol. The van der Waals surface area contributed by atoms with Crippen molar-refractivity contribution in [2.45, 2.75) is 55.7 Å². The zero-order valence-corrected chi connectivity index (χ0v) is 22.0. The van der Waals surface area contributed by atoms with Gasteiger partial charge in [-0.3, -0.25) is 4.79 Å². The van der Waals surface area contributed by atoms with Gasteiger partial charge in [-0.05, 0) is 72.5 Å². The van der Waals surface area contributed by atoms with Gasteiger partial charge in [0.25, 0.3) is 0 Å². The summed E-state index contributed by atoms with van der Waals surface area (Å²) in [5.41, 5.74) is 1.63. The molecule has 0 saturated carbocycles. The van der Waals surface area contributed by atoms with Crippen LogP contribution in [0.4, 0.5) is 14.5 Å². The van der Waals surface area contributed by atoms with E-state index < -0.39 is 66.4 Å². The number of anilines is 1. The number of carbonyl (C=O) groups is 2. The molecule has 10 nitrogen and oxygen atoms in total. The molecule has 222 valence electrons. The van der Waals surface area contributed by atoms with E-state index >= 15 is 0 Å². The molecule has 2 heterocycles. The number of β-lactam (4-membered cyclic amide) rings is 1. The quantitative estimate of drug-likeness (QED) is 0.238. The molecule has 5 N–H and O–H groups in total. The molecule has 1 amide bonds. The van der Waals surface area contributed by atoms with Gasteiger partial charge in [0.2, 0.25) is 5.91 Å². The third kappa shape index (κ3) is 5.85. The Morgan fingerprint density at radius 3 is 2.07 bits per heavy atom. The van der Waals surface area contributed by atoms with Gasteiger partial charge in [-0.2, -0.15) is 0 Å². The third-order valence-electron chi connectivity index (χ3n) is 7.65. The van der Waals surface area contributed by atoms with Gasteiger partial charge >= 0.3 is 5.97 Å². The molecule has 0 spiro atoms. The Bertz CT molecular complexity index is 1400. The predicted octanol–water partition coefficient (Wildman–Crippen LogP) is 2.80. The van der Waals surface area contributed by atoms with E-state index in [0.29, 0.717) is 16.8 Å². The summed E-state index contributed by atoms with van der Waals surface area (Å²) in [5.74, 6) is -3.36. The van der Waals surface area contributed by atoms with Crippen molar-refractivity contribution in [1.29, 1.82) is 0 Å². The Kier molecular flexibility index (Phi) is 8.53. The molecule has 12 heteroatoms. The summed E-state index contributed by atoms with van der Waals surface area (Å²) in [5, 5.41) is 49.9. The van der Waals surface area contributed by atoms with Crippen molar-refractivity contribution >= 4 is 17.6 Å². The minimum Gasteiger partial charge on any atom is -0.508 e. The number of rotatable bonds is 9. The monoisotopic (exact) mass is 585 g/mol. The Morgan fingerprint density at radius 2 is 1.48 bits per heavy atom. The lowest BCUT2D eigenvalue weighted by molar-refractivity contribution is -0.306. The summed E-state index contributed by atoms with van der Waals surface area (Å²) < 4.78 is 38.5. The Morgan fingerprint density at radius 1 is 0.881 bits per heavy atom. The zero-order chi connectivity index (χ0) is 30.1. The van der Waals surface area contributed by atoms with Crippen LogP contribution in [0.3, 0.4) is 0 Å². The molecule has 0 radical (unpaired) electrons. The molecule has 0 bridgehead atoms. The number of benzene rings is 3. The maximum absolute atomic E-state index is 13.7. The van der Waals surface area contributed by atoms with Crippen molar-refractivity contribution in [3.05, 3.63) is 95.6 Å². The van der Waals surface area contributed by atoms with E-state index in [0.717, 1.165) is 0 Å². The van der Waals surface area contributed by atoms with Crippen molar-refractivity contribution in [2.75, 3.05) is 4.90 Å². The van der Waals surface area contributed by atoms with Crippen LogP contribution in [0.2, 0.25) is 0 Å². The van der Waals surface area contributed by atoms with E-state index in [1.165, 1.54) is 65.6 Å². The first-order valence-electron chi connectivity index (χ1n) is 13.3. The van der Waals surface area contributed by atoms with Crippen LogP contribution in [-0.4, -0.2) is 68.1 Å². The van der Waals surface area contributed by atoms with Crippen molar-refractivity contribution in [3.63, 3.8) is 0 Å². The van der Waals surface area contributed by atoms with Gasteiger partial charge in [-0.1, -0.05) is 24.3 Å². The summed E-state index contributed by atoms with van der Waals surface area (Å²) in [4.78, 5) is 26.5. The van der Waals surface area contributed by atoms with E-state index in [2.05, 4.69) is 0 Å². The van der Waals surface area contributed by atoms with E-state index in [4.69, 9.17) is 9.47 Å². The Labute approximate surface area is 239 Å². The number of aliphatic hydroxyl groups is 3. The number of amides is 1. The van der Waals surface area contributed by atoms with Gasteiger partial charge in [0.05, 0.1) is 18.1 Å². The number of halogens is 2. The number of carboxylic acids is 1. The molecular formula is C30H29F2NO9. The van der Waals surface area contributed by atoms with Gasteiger partial charge in [-0.15, -0.1) is 0 Å². The fraction of sp³-hybridized carbons (Fsp3) is 0.333. The topological polar surface area (TPSA) is 157 Å². The summed E-state index contributed by atoms with van der Waals surface area (Å²) in [6, 6.07) is 16.5. The first-order chi connectivity index (χ1) is 20.0. The first-order valence-corrected chi connectivity index (χ1v) is 13.3. The van der Waals surface area contributed by atoms with Gasteiger partial charge in [0, 0.05) is 5.69 Å². The standard InChI is InChI=1S/C30H29F2NO9/c31-17-5-1-15(2-6-17)22(41-30-26(37)24(35)25(36)27(42-30)29(39)40)14-13-21-23(16-3-11-20(34)12-4-16)33(28(21)38)19-9-7-18(32)8-10-19/h1-12,21-27,30,34-37H,13-14H2,(H,39,40)/t21-,22+,23-,24+,25+,26-,27+,30?/m1/s1. The van der Waals surface area contributed by atoms with Crippen LogP contribution >= 0.6 is 0 Å². The second-order valence-corrected chi connectivity index (χ2v) is 10.3. The number of carbonyl (C=O) groups excluding carboxylic acids is 1. The highest BCUT2D eigenvalue weighted by Gasteiger charge is 2.50. The number of carboxylic acid groups (broad SMARTS) is 1. The van der Waals surface area contributed by atoms with Crippen LogP contribution in [-0.2, 0) is 19.1 Å². The number of phenols is 1. The highest BCUT2D eigenvalue weighted by Crippen LogP contribution is 2.47. The van der Waals surface area contributed by atoms with Crippen LogP contribution in [0.1, 0.15) is 36.1 Å². The minimum absolute atomic E-state index is 0.0390. The van der Waals surface area contributed by atoms with Crippen LogP contribution < -0.4 is 4.90 Å². The minimum atomic E-state index is -1.90. The molecular weight excluding hydrogens is 556 g/mol. The lowest BCUT2D eigenvalue weighted by Crippen LogP contribution is -2.60. The largest absolute Gasteiger partial charge is 0.508 e. The maximum atomic E-state index is 13.7. The summed E-state index contributed by atoms with van der Waals surface area (Å²) in [6.07, 6.45) is -9.75. The number of nitrogens with zero attached hydrogens (tertiary/aromatic N) is 1. The number of hydrogen-bond acceptors (Lipinski definition) is 8. The first kappa shape index (κ1) is 29.5. The van der Waals surface area contributed by atoms with Gasteiger partial charge in [0.1, 0.15) is 35.7 Å². The molecule has 8 atom stereocenters. The number of aliphatic carboxylic acids is 1. The number of aromatic hydroxyl groups is 1. The SMILES string of the molecule is O=C(O)[C@H]1OC(O[C@@H](CC[C@H]2C(=O)N(c3ccc(F)cc3)[C@@H]2c2ccc(O)cc2)c2ccc(F)cc2)[C@H](O)[C@@H](O)[C@@H]1O. The average Bonchev–Trinajstić information content (AvgIpc) is 2.97. The third-order valence-corrected chi connectivity index (χ3v) is 7.65. The number of hydrogen-bond donors (Lipinski definition) is 5. The fourth-order valence-electron chi connectivity index (χ4n) is 5.42. The lowest BCUT2D eigenvalue weighted by Gasteiger charge is -2.48. The number of ether oxygens (including phenoxy) is 2. The van der Waals surface area contributed by atoms with Crippen LogP contribution in [0.25, 0.3) is 0 Å². The van der Waals surface area contributed by atoms with Crippen molar-refractivity contribution < 1.29 is 53.4 Å². The van der Waals surface area contributed by atoms with Gasteiger partial charge < -0.3 is 39.9 Å². The molecule has 0 aromatic heterocycles. The second kappa shape index (κ2) is 12.1. The van der Waals surface area contributed by atoms with Gasteiger partial charge in [-0.25, -0.2) is 13.6 Å². The molecule has 2 fully saturated rings. The summed E-state index contributed by atoms with van der Waals surface area (Å²) in [7, 11) is 0. The smallest absolute Gasteiger partial charge is 0.335 e. The highest BCUT2D eigenvalue weighted by molar-refractivity contribution is 6.03. The molecule has 1 unspecified atom stereocenters. The van der Waals surface area contributed by atoms with E-state index in [9.17, 15) is 43.9 Å². The van der Waals surface area contributed by atoms with E-state index in [1.54, 1.807) is 12.1 Å². The molecule has 2 saturated heterocycles. The summed E-state index contributed by atoms with van der Waals surface area (Å²) in [6.45, 7) is 0. The molecule has 5 rings (SSSR count). The van der Waals surface area contributed by atoms with E-state index in [-0.39, 0.29) is 24.5 Å². The molecule has 3 aromatic rings. The fourth-order valence-corrected chi connectivity index (χ4v) is 5.42. The van der Waals surface area contributed by atoms with Crippen molar-refractivity contribution in [3.8, 4) is 5.75 Å². The molecule has 2 aliphatic rings. The lowest BCUT2D eigenvalue weighted by atomic mass is 9.78.